The van der Waals surface area contributed by atoms with Gasteiger partial charge in [0.15, 0.2) is 35.2 Å². The lowest BCUT2D eigenvalue weighted by Crippen LogP contribution is -2.34. The Bertz CT molecular complexity index is 1160. The Kier molecular flexibility index (Phi) is 9.65. The van der Waals surface area contributed by atoms with Crippen LogP contribution in [-0.2, 0) is 4.79 Å². The van der Waals surface area contributed by atoms with Crippen molar-refractivity contribution in [1.82, 2.24) is 14.9 Å². The maximum absolute atomic E-state index is 15.0. The fourth-order valence-corrected chi connectivity index (χ4v) is 2.70. The molecule has 202 valence electrons. The predicted molar refractivity (Wildman–Crippen MR) is 120 cm³/mol. The summed E-state index contributed by atoms with van der Waals surface area (Å²) in [4.78, 5) is 32.3. The minimum Gasteiger partial charge on any atom is -0.481 e. The summed E-state index contributed by atoms with van der Waals surface area (Å²) in [5.74, 6) is -6.17. The van der Waals surface area contributed by atoms with Crippen LogP contribution in [0.4, 0.5) is 33.6 Å². The van der Waals surface area contributed by atoms with Gasteiger partial charge in [0.05, 0.1) is 7.11 Å². The number of rotatable bonds is 10. The number of aromatic nitrogens is 2. The van der Waals surface area contributed by atoms with Crippen LogP contribution in [0.1, 0.15) is 24.2 Å². The van der Waals surface area contributed by atoms with Crippen LogP contribution in [0.5, 0.6) is 11.8 Å². The van der Waals surface area contributed by atoms with Crippen LogP contribution in [0.15, 0.2) is 23.3 Å². The molecular weight excluding hydrogens is 511 g/mol. The van der Waals surface area contributed by atoms with Crippen LogP contribution in [0.2, 0.25) is 0 Å². The molecule has 2 aromatic rings. The van der Waals surface area contributed by atoms with E-state index >= 15 is 0 Å². The number of anilines is 2. The molecule has 2 aromatic heterocycles. The van der Waals surface area contributed by atoms with Crippen LogP contribution < -0.4 is 19.8 Å². The Morgan fingerprint density at radius 1 is 1.27 bits per heavy atom. The number of amidine groups is 1. The summed E-state index contributed by atoms with van der Waals surface area (Å²) in [6, 6.07) is 2.58. The molecule has 0 aliphatic carbocycles. The number of hydrogen-bond donors (Lipinski definition) is 2. The van der Waals surface area contributed by atoms with E-state index < -0.39 is 59.5 Å². The highest BCUT2D eigenvalue weighted by molar-refractivity contribution is 6.05. The Morgan fingerprint density at radius 3 is 2.49 bits per heavy atom. The van der Waals surface area contributed by atoms with Crippen LogP contribution in [0.3, 0.4) is 0 Å². The number of ether oxygens (including phenoxy) is 2. The third kappa shape index (κ3) is 7.22. The Balaban J connectivity index is 2.57. The Labute approximate surface area is 207 Å². The summed E-state index contributed by atoms with van der Waals surface area (Å²) in [5.41, 5.74) is -0.816. The number of halogens is 5. The first kappa shape index (κ1) is 29.2. The Morgan fingerprint density at radius 2 is 1.95 bits per heavy atom. The molecule has 0 aromatic carbocycles. The molecule has 2 amide bonds. The maximum Gasteiger partial charge on any atom is 0.425 e. The van der Waals surface area contributed by atoms with E-state index in [1.54, 1.807) is 6.92 Å². The zero-order valence-electron chi connectivity index (χ0n) is 20.0. The van der Waals surface area contributed by atoms with E-state index in [1.807, 2.05) is 5.32 Å². The molecule has 1 atom stereocenters. The number of amides is 2. The van der Waals surface area contributed by atoms with E-state index in [9.17, 15) is 36.6 Å². The molecule has 16 heteroatoms. The van der Waals surface area contributed by atoms with Crippen LogP contribution in [0, 0.1) is 11.6 Å². The lowest BCUT2D eigenvalue weighted by atomic mass is 10.2. The van der Waals surface area contributed by atoms with E-state index in [2.05, 4.69) is 15.1 Å². The van der Waals surface area contributed by atoms with E-state index in [0.717, 1.165) is 29.1 Å². The van der Waals surface area contributed by atoms with Crippen molar-refractivity contribution in [2.75, 3.05) is 37.6 Å². The zero-order valence-corrected chi connectivity index (χ0v) is 20.0. The molecule has 0 fully saturated rings. The molecule has 0 unspecified atom stereocenters. The van der Waals surface area contributed by atoms with Crippen LogP contribution >= 0.6 is 0 Å². The molecule has 37 heavy (non-hydrogen) atoms. The van der Waals surface area contributed by atoms with Crippen molar-refractivity contribution in [1.29, 1.82) is 0 Å². The van der Waals surface area contributed by atoms with Gasteiger partial charge in [-0.05, 0) is 26.0 Å². The van der Waals surface area contributed by atoms with Crippen molar-refractivity contribution >= 4 is 29.8 Å². The molecule has 2 heterocycles. The minimum absolute atomic E-state index is 0.0888. The largest absolute Gasteiger partial charge is 0.481 e. The van der Waals surface area contributed by atoms with Crippen LogP contribution in [-0.4, -0.2) is 77.7 Å². The number of likely N-dealkylation sites (N-methyl/N-ethyl adjacent to an activating group) is 1. The van der Waals surface area contributed by atoms with Gasteiger partial charge in [0.25, 0.3) is 5.91 Å². The average Bonchev–Trinajstić information content (AvgIpc) is 2.85. The molecule has 0 saturated carbocycles. The molecule has 0 saturated heterocycles. The van der Waals surface area contributed by atoms with Gasteiger partial charge in [0.2, 0.25) is 18.2 Å². The van der Waals surface area contributed by atoms with Crippen molar-refractivity contribution in [3.05, 3.63) is 35.4 Å². The van der Waals surface area contributed by atoms with Gasteiger partial charge in [-0.3, -0.25) is 14.5 Å². The number of nitrogens with zero attached hydrogens (tertiary/aromatic N) is 5. The summed E-state index contributed by atoms with van der Waals surface area (Å²) in [7, 11) is 2.36. The van der Waals surface area contributed by atoms with E-state index in [1.165, 1.54) is 7.11 Å². The summed E-state index contributed by atoms with van der Waals surface area (Å²) >= 11 is 0. The third-order valence-electron chi connectivity index (χ3n) is 4.69. The summed E-state index contributed by atoms with van der Waals surface area (Å²) in [6.45, 7) is 1.55. The lowest BCUT2D eigenvalue weighted by molar-refractivity contribution is -0.190. The van der Waals surface area contributed by atoms with E-state index in [4.69, 9.17) is 9.47 Å². The molecular formula is C21H23F5N6O5. The summed E-state index contributed by atoms with van der Waals surface area (Å²) in [5, 5.41) is 16.1. The minimum atomic E-state index is -4.88. The average molecular weight is 534 g/mol. The predicted octanol–water partition coefficient (Wildman–Crippen LogP) is 2.57. The second-order valence-corrected chi connectivity index (χ2v) is 7.18. The second-order valence-electron chi connectivity index (χ2n) is 7.18. The number of aliphatic hydroxyl groups excluding tert-OH is 1. The van der Waals surface area contributed by atoms with Gasteiger partial charge in [-0.25, -0.2) is 13.8 Å². The number of aliphatic hydroxyl groups is 1. The molecule has 0 bridgehead atoms. The number of carbonyl (C=O) groups is 2. The van der Waals surface area contributed by atoms with Gasteiger partial charge in [0, 0.05) is 19.7 Å². The first-order chi connectivity index (χ1) is 17.4. The van der Waals surface area contributed by atoms with Crippen molar-refractivity contribution in [3.8, 4) is 11.8 Å². The normalized spacial score (nSPS) is 12.5. The lowest BCUT2D eigenvalue weighted by Gasteiger charge is -2.22. The summed E-state index contributed by atoms with van der Waals surface area (Å²) < 4.78 is 78.3. The number of pyridine rings is 2. The van der Waals surface area contributed by atoms with E-state index in [0.29, 0.717) is 19.4 Å². The number of nitrogens with one attached hydrogen (secondary N) is 1. The number of alkyl halides is 3. The quantitative estimate of drug-likeness (QED) is 0.157. The first-order valence-corrected chi connectivity index (χ1v) is 10.5. The van der Waals surface area contributed by atoms with E-state index in [-0.39, 0.29) is 18.3 Å². The van der Waals surface area contributed by atoms with Gasteiger partial charge in [-0.2, -0.15) is 28.2 Å². The number of hydrazone groups is 1. The molecule has 0 spiro atoms. The van der Waals surface area contributed by atoms with Gasteiger partial charge < -0.3 is 19.9 Å². The molecule has 0 aliphatic rings. The molecule has 0 radical (unpaired) electrons. The highest BCUT2D eigenvalue weighted by Crippen LogP contribution is 2.30. The van der Waals surface area contributed by atoms with Gasteiger partial charge in [-0.15, -0.1) is 0 Å². The Hall–Kier alpha value is -4.08. The number of hydrogen-bond acceptors (Lipinski definition) is 9. The number of carbonyl (C=O) groups excluding carboxylic acids is 2. The third-order valence-corrected chi connectivity index (χ3v) is 4.69. The van der Waals surface area contributed by atoms with Crippen molar-refractivity contribution in [2.24, 2.45) is 5.10 Å². The highest BCUT2D eigenvalue weighted by Gasteiger charge is 2.39. The van der Waals surface area contributed by atoms with Gasteiger partial charge in [0.1, 0.15) is 12.2 Å². The highest BCUT2D eigenvalue weighted by atomic mass is 19.4. The van der Waals surface area contributed by atoms with Crippen molar-refractivity contribution in [2.45, 2.75) is 26.1 Å². The second kappa shape index (κ2) is 12.2. The standard InChI is InChI=1S/C21H23F5N6O5/c1-5-32(10-34)15(9-33)30-31(3)18-14(23)8-12(20(29-18)37-11(2)21(24,25)26)19(35)28-17-13(22)6-7-16(27-17)36-4/h6-8,10-11,33H,5,9H2,1-4H3,(H,27,28,35)/b30-15-/t11-/m0/s1. The monoisotopic (exact) mass is 534 g/mol. The zero-order chi connectivity index (χ0) is 27.9. The summed E-state index contributed by atoms with van der Waals surface area (Å²) in [6.07, 6.45) is -7.01. The molecule has 0 aliphatic heterocycles. The smallest absolute Gasteiger partial charge is 0.425 e. The SMILES string of the molecule is CCN(C=O)/C(CO)=N\N(C)c1nc(O[C@@H](C)C(F)(F)F)c(C(=O)Nc2nc(OC)ccc2F)cc1F. The van der Waals surface area contributed by atoms with Crippen molar-refractivity contribution in [3.63, 3.8) is 0 Å². The topological polar surface area (TPSA) is 129 Å². The first-order valence-electron chi connectivity index (χ1n) is 10.5. The van der Waals surface area contributed by atoms with Crippen molar-refractivity contribution < 1.29 is 46.1 Å². The fourth-order valence-electron chi connectivity index (χ4n) is 2.70. The number of methoxy groups -OCH3 is 1. The van der Waals surface area contributed by atoms with Gasteiger partial charge in [-0.1, -0.05) is 0 Å². The fraction of sp³-hybridized carbons (Fsp3) is 0.381. The molecule has 11 nitrogen and oxygen atoms in total. The molecule has 2 N–H and O–H groups in total. The maximum atomic E-state index is 15.0. The molecule has 2 rings (SSSR count). The van der Waals surface area contributed by atoms with Crippen LogP contribution in [0.25, 0.3) is 0 Å². The van der Waals surface area contributed by atoms with Gasteiger partial charge >= 0.3 is 6.18 Å².